The van der Waals surface area contributed by atoms with E-state index in [2.05, 4.69) is 73.1 Å². The summed E-state index contributed by atoms with van der Waals surface area (Å²) in [5.41, 5.74) is 3.99. The van der Waals surface area contributed by atoms with E-state index < -0.39 is 0 Å². The van der Waals surface area contributed by atoms with Crippen LogP contribution < -0.4 is 5.32 Å². The summed E-state index contributed by atoms with van der Waals surface area (Å²) in [6.07, 6.45) is 2.27. The molecule has 1 N–H and O–H groups in total. The van der Waals surface area contributed by atoms with E-state index in [4.69, 9.17) is 0 Å². The van der Waals surface area contributed by atoms with Gasteiger partial charge in [-0.15, -0.1) is 11.3 Å². The lowest BCUT2D eigenvalue weighted by Gasteiger charge is -2.15. The van der Waals surface area contributed by atoms with Gasteiger partial charge in [0.25, 0.3) is 0 Å². The van der Waals surface area contributed by atoms with Crippen LogP contribution in [0.15, 0.2) is 53.9 Å². The second-order valence-corrected chi connectivity index (χ2v) is 6.69. The van der Waals surface area contributed by atoms with Gasteiger partial charge in [-0.1, -0.05) is 29.8 Å². The number of hydrogen-bond donors (Lipinski definition) is 1. The fraction of sp³-hybridized carbons (Fsp3) is 0.263. The second-order valence-electron chi connectivity index (χ2n) is 5.75. The van der Waals surface area contributed by atoms with Gasteiger partial charge in [-0.3, -0.25) is 0 Å². The Morgan fingerprint density at radius 2 is 2.00 bits per heavy atom. The molecule has 21 heavy (non-hydrogen) atoms. The normalized spacial score (nSPS) is 12.5. The second kappa shape index (κ2) is 6.31. The van der Waals surface area contributed by atoms with Crippen molar-refractivity contribution < 1.29 is 0 Å². The summed E-state index contributed by atoms with van der Waals surface area (Å²) < 4.78 is 1.35. The van der Waals surface area contributed by atoms with Crippen LogP contribution in [0.3, 0.4) is 0 Å². The number of aryl methyl sites for hydroxylation is 2. The molecule has 0 saturated heterocycles. The maximum Gasteiger partial charge on any atom is 0.0349 e. The lowest BCUT2D eigenvalue weighted by Crippen LogP contribution is -2.15. The quantitative estimate of drug-likeness (QED) is 0.642. The monoisotopic (exact) mass is 295 g/mol. The molecule has 0 radical (unpaired) electrons. The van der Waals surface area contributed by atoms with E-state index in [-0.39, 0.29) is 0 Å². The van der Waals surface area contributed by atoms with Gasteiger partial charge in [0, 0.05) is 16.4 Å². The van der Waals surface area contributed by atoms with Crippen LogP contribution in [0, 0.1) is 6.92 Å². The van der Waals surface area contributed by atoms with Gasteiger partial charge in [-0.25, -0.2) is 0 Å². The molecule has 2 heteroatoms. The fourth-order valence-electron chi connectivity index (χ4n) is 2.66. The predicted octanol–water partition coefficient (Wildman–Crippen LogP) is 5.64. The van der Waals surface area contributed by atoms with E-state index in [0.29, 0.717) is 6.04 Å². The lowest BCUT2D eigenvalue weighted by atomic mass is 10.0. The van der Waals surface area contributed by atoms with Crippen LogP contribution in [0.25, 0.3) is 10.1 Å². The first-order chi connectivity index (χ1) is 10.2. The molecule has 1 atom stereocenters. The summed E-state index contributed by atoms with van der Waals surface area (Å²) in [4.78, 5) is 0. The highest BCUT2D eigenvalue weighted by molar-refractivity contribution is 7.17. The van der Waals surface area contributed by atoms with Crippen LogP contribution in [0.2, 0.25) is 0 Å². The molecule has 0 spiro atoms. The molecule has 108 valence electrons. The van der Waals surface area contributed by atoms with Crippen LogP contribution in [-0.4, -0.2) is 6.04 Å². The minimum atomic E-state index is 0.474. The first kappa shape index (κ1) is 14.2. The maximum atomic E-state index is 3.61. The van der Waals surface area contributed by atoms with E-state index >= 15 is 0 Å². The molecule has 1 aromatic heterocycles. The molecule has 0 aliphatic heterocycles. The number of hydrogen-bond acceptors (Lipinski definition) is 2. The molecule has 0 fully saturated rings. The number of rotatable bonds is 5. The zero-order valence-corrected chi connectivity index (χ0v) is 13.4. The van der Waals surface area contributed by atoms with Crippen LogP contribution in [0.1, 0.15) is 24.5 Å². The van der Waals surface area contributed by atoms with Gasteiger partial charge < -0.3 is 5.32 Å². The van der Waals surface area contributed by atoms with Crippen LogP contribution in [0.4, 0.5) is 5.69 Å². The molecule has 0 aliphatic carbocycles. The number of anilines is 1. The van der Waals surface area contributed by atoms with E-state index in [0.717, 1.165) is 12.8 Å². The van der Waals surface area contributed by atoms with Crippen LogP contribution in [-0.2, 0) is 6.42 Å². The summed E-state index contributed by atoms with van der Waals surface area (Å²) >= 11 is 1.80. The van der Waals surface area contributed by atoms with E-state index in [1.54, 1.807) is 11.3 Å². The summed E-state index contributed by atoms with van der Waals surface area (Å²) in [6.45, 7) is 4.41. The Morgan fingerprint density at radius 1 is 1.10 bits per heavy atom. The minimum absolute atomic E-state index is 0.474. The molecule has 3 aromatic rings. The SMILES string of the molecule is Cc1cccc(CCC(C)Nc2ccc3sccc3c2)c1. The van der Waals surface area contributed by atoms with Gasteiger partial charge in [0.05, 0.1) is 0 Å². The Balaban J connectivity index is 1.59. The molecule has 1 heterocycles. The van der Waals surface area contributed by atoms with E-state index in [9.17, 15) is 0 Å². The summed E-state index contributed by atoms with van der Waals surface area (Å²) in [5.74, 6) is 0. The number of thiophene rings is 1. The molecule has 1 unspecified atom stereocenters. The average molecular weight is 295 g/mol. The Hall–Kier alpha value is -1.80. The third kappa shape index (κ3) is 3.64. The molecule has 1 nitrogen and oxygen atoms in total. The van der Waals surface area contributed by atoms with Gasteiger partial charge in [-0.2, -0.15) is 0 Å². The van der Waals surface area contributed by atoms with Crippen molar-refractivity contribution in [3.05, 3.63) is 65.0 Å². The van der Waals surface area contributed by atoms with Crippen molar-refractivity contribution in [2.75, 3.05) is 5.32 Å². The van der Waals surface area contributed by atoms with Gasteiger partial charge in [0.15, 0.2) is 0 Å². The van der Waals surface area contributed by atoms with E-state index in [1.807, 2.05) is 0 Å². The third-order valence-electron chi connectivity index (χ3n) is 3.81. The summed E-state index contributed by atoms with van der Waals surface area (Å²) in [7, 11) is 0. The Labute approximate surface area is 130 Å². The Morgan fingerprint density at radius 3 is 2.86 bits per heavy atom. The summed E-state index contributed by atoms with van der Waals surface area (Å²) in [6, 6.07) is 18.1. The highest BCUT2D eigenvalue weighted by atomic mass is 32.1. The predicted molar refractivity (Wildman–Crippen MR) is 94.4 cm³/mol. The molecular formula is C19H21NS. The van der Waals surface area contributed by atoms with Gasteiger partial charge >= 0.3 is 0 Å². The Kier molecular flexibility index (Phi) is 4.26. The largest absolute Gasteiger partial charge is 0.383 e. The van der Waals surface area contributed by atoms with Gasteiger partial charge in [0.1, 0.15) is 0 Å². The summed E-state index contributed by atoms with van der Waals surface area (Å²) in [5, 5.41) is 7.09. The van der Waals surface area contributed by atoms with Crippen molar-refractivity contribution in [2.24, 2.45) is 0 Å². The van der Waals surface area contributed by atoms with Crippen LogP contribution in [0.5, 0.6) is 0 Å². The number of nitrogens with one attached hydrogen (secondary N) is 1. The highest BCUT2D eigenvalue weighted by Crippen LogP contribution is 2.24. The topological polar surface area (TPSA) is 12.0 Å². The van der Waals surface area contributed by atoms with Gasteiger partial charge in [-0.05, 0) is 67.3 Å². The van der Waals surface area contributed by atoms with Crippen molar-refractivity contribution in [3.8, 4) is 0 Å². The van der Waals surface area contributed by atoms with Crippen LogP contribution >= 0.6 is 11.3 Å². The molecular weight excluding hydrogens is 274 g/mol. The minimum Gasteiger partial charge on any atom is -0.383 e. The molecule has 0 amide bonds. The van der Waals surface area contributed by atoms with Crippen molar-refractivity contribution in [1.82, 2.24) is 0 Å². The molecule has 0 saturated carbocycles. The molecule has 2 aromatic carbocycles. The van der Waals surface area contributed by atoms with E-state index in [1.165, 1.54) is 26.9 Å². The zero-order chi connectivity index (χ0) is 14.7. The average Bonchev–Trinajstić information content (AvgIpc) is 2.93. The van der Waals surface area contributed by atoms with Crippen molar-refractivity contribution >= 4 is 27.1 Å². The fourth-order valence-corrected chi connectivity index (χ4v) is 3.43. The lowest BCUT2D eigenvalue weighted by molar-refractivity contribution is 0.706. The highest BCUT2D eigenvalue weighted by Gasteiger charge is 2.04. The maximum absolute atomic E-state index is 3.61. The first-order valence-electron chi connectivity index (χ1n) is 7.50. The van der Waals surface area contributed by atoms with Crippen molar-refractivity contribution in [3.63, 3.8) is 0 Å². The van der Waals surface area contributed by atoms with Crippen molar-refractivity contribution in [1.29, 1.82) is 0 Å². The molecule has 3 rings (SSSR count). The Bertz CT molecular complexity index is 729. The molecule has 0 bridgehead atoms. The smallest absolute Gasteiger partial charge is 0.0349 e. The van der Waals surface area contributed by atoms with Gasteiger partial charge in [0.2, 0.25) is 0 Å². The third-order valence-corrected chi connectivity index (χ3v) is 4.71. The standard InChI is InChI=1S/C19H21NS/c1-14-4-3-5-16(12-14)7-6-15(2)20-18-8-9-19-17(13-18)10-11-21-19/h3-5,8-13,15,20H,6-7H2,1-2H3. The zero-order valence-electron chi connectivity index (χ0n) is 12.6. The van der Waals surface area contributed by atoms with Crippen molar-refractivity contribution in [2.45, 2.75) is 32.7 Å². The first-order valence-corrected chi connectivity index (χ1v) is 8.38. The number of benzene rings is 2. The molecule has 0 aliphatic rings. The number of fused-ring (bicyclic) bond motifs is 1.